The molecule has 0 bridgehead atoms. The minimum atomic E-state index is -0.446. The molecule has 0 fully saturated rings. The molecule has 7 nitrogen and oxygen atoms in total. The van der Waals surface area contributed by atoms with E-state index >= 15 is 0 Å². The van der Waals surface area contributed by atoms with E-state index in [2.05, 4.69) is 10.3 Å². The van der Waals surface area contributed by atoms with Crippen molar-refractivity contribution in [3.63, 3.8) is 0 Å². The Kier molecular flexibility index (Phi) is 5.93. The van der Waals surface area contributed by atoms with E-state index in [0.29, 0.717) is 16.3 Å². The fraction of sp³-hybridized carbons (Fsp3) is 0.111. The summed E-state index contributed by atoms with van der Waals surface area (Å²) in [6, 6.07) is 23.3. The summed E-state index contributed by atoms with van der Waals surface area (Å²) in [6.45, 7) is 2.06. The number of nitrogens with one attached hydrogen (secondary N) is 2. The number of carbonyl (C=O) groups excluding carboxylic acids is 1. The molecular formula is C27H22ClN5O2. The van der Waals surface area contributed by atoms with Crippen molar-refractivity contribution in [1.82, 2.24) is 19.3 Å². The molecule has 0 radical (unpaired) electrons. The number of aromatic nitrogens is 3. The molecular weight excluding hydrogens is 462 g/mol. The molecule has 35 heavy (non-hydrogen) atoms. The molecule has 5 aromatic rings. The van der Waals surface area contributed by atoms with Crippen molar-refractivity contribution in [2.75, 3.05) is 0 Å². The number of benzene rings is 2. The van der Waals surface area contributed by atoms with E-state index in [1.54, 1.807) is 35.0 Å². The molecule has 0 saturated heterocycles. The number of hydrogen-bond acceptors (Lipinski definition) is 4. The van der Waals surface area contributed by atoms with Gasteiger partial charge in [-0.2, -0.15) is 0 Å². The molecule has 174 valence electrons. The molecule has 3 aromatic heterocycles. The Bertz CT molecular complexity index is 1690. The minimum absolute atomic E-state index is 0.0534. The standard InChI is InChI=1S/C27H22ClN5O2/c1-17(18-9-3-2-4-10-18)30-26(34)20-15-21-25(31-23-13-7-8-14-32(23)27(21)35)33(24(20)29)16-19-11-5-6-12-22(19)28/h2-15,17,29H,16H2,1H3,(H,30,34)/t17-/m0/s1. The summed E-state index contributed by atoms with van der Waals surface area (Å²) in [4.78, 5) is 31.4. The minimum Gasteiger partial charge on any atom is -0.345 e. The lowest BCUT2D eigenvalue weighted by atomic mass is 10.1. The van der Waals surface area contributed by atoms with Gasteiger partial charge in [0.1, 0.15) is 16.8 Å². The van der Waals surface area contributed by atoms with Gasteiger partial charge in [0, 0.05) is 11.2 Å². The van der Waals surface area contributed by atoms with Crippen LogP contribution < -0.4 is 16.4 Å². The van der Waals surface area contributed by atoms with Gasteiger partial charge in [0.25, 0.3) is 11.5 Å². The number of fused-ring (bicyclic) bond motifs is 2. The van der Waals surface area contributed by atoms with E-state index in [1.165, 1.54) is 10.5 Å². The summed E-state index contributed by atoms with van der Waals surface area (Å²) in [5, 5.41) is 12.6. The lowest BCUT2D eigenvalue weighted by Crippen LogP contribution is -2.36. The second-order valence-electron chi connectivity index (χ2n) is 8.27. The summed E-state index contributed by atoms with van der Waals surface area (Å²) in [6.07, 6.45) is 1.63. The van der Waals surface area contributed by atoms with Crippen molar-refractivity contribution in [1.29, 1.82) is 5.41 Å². The maximum atomic E-state index is 13.4. The van der Waals surface area contributed by atoms with Crippen molar-refractivity contribution >= 4 is 34.2 Å². The number of hydrogen-bond donors (Lipinski definition) is 2. The molecule has 1 atom stereocenters. The third kappa shape index (κ3) is 4.22. The summed E-state index contributed by atoms with van der Waals surface area (Å²) >= 11 is 6.40. The predicted octanol–water partition coefficient (Wildman–Crippen LogP) is 4.32. The van der Waals surface area contributed by atoms with Crippen LogP contribution in [0, 0.1) is 5.41 Å². The number of rotatable bonds is 5. The fourth-order valence-corrected chi connectivity index (χ4v) is 4.31. The second-order valence-corrected chi connectivity index (χ2v) is 8.68. The first-order valence-electron chi connectivity index (χ1n) is 11.1. The summed E-state index contributed by atoms with van der Waals surface area (Å²) in [5.41, 5.74) is 2.17. The highest BCUT2D eigenvalue weighted by atomic mass is 35.5. The van der Waals surface area contributed by atoms with Gasteiger partial charge in [0.05, 0.1) is 23.5 Å². The van der Waals surface area contributed by atoms with Gasteiger partial charge in [-0.1, -0.05) is 66.2 Å². The van der Waals surface area contributed by atoms with Gasteiger partial charge in [-0.3, -0.25) is 19.4 Å². The Labute approximate surface area is 205 Å². The third-order valence-electron chi connectivity index (χ3n) is 6.00. The van der Waals surface area contributed by atoms with Crippen LogP contribution in [0.4, 0.5) is 0 Å². The van der Waals surface area contributed by atoms with Gasteiger partial charge in [-0.15, -0.1) is 0 Å². The first-order valence-corrected chi connectivity index (χ1v) is 11.5. The molecule has 0 aliphatic carbocycles. The van der Waals surface area contributed by atoms with E-state index in [-0.39, 0.29) is 34.6 Å². The van der Waals surface area contributed by atoms with Crippen molar-refractivity contribution < 1.29 is 4.79 Å². The van der Waals surface area contributed by atoms with Crippen molar-refractivity contribution in [2.24, 2.45) is 0 Å². The SMILES string of the molecule is C[C@H](NC(=O)c1cc2c(=O)n3ccccc3nc2n(Cc2ccccc2Cl)c1=N)c1ccccc1. The van der Waals surface area contributed by atoms with E-state index in [0.717, 1.165) is 11.1 Å². The second kappa shape index (κ2) is 9.19. The molecule has 0 unspecified atom stereocenters. The Morgan fingerprint density at radius 2 is 1.77 bits per heavy atom. The first kappa shape index (κ1) is 22.6. The monoisotopic (exact) mass is 483 g/mol. The maximum Gasteiger partial charge on any atom is 0.267 e. The molecule has 1 amide bonds. The van der Waals surface area contributed by atoms with Crippen LogP contribution in [0.3, 0.4) is 0 Å². The molecule has 0 aliphatic rings. The van der Waals surface area contributed by atoms with Gasteiger partial charge in [0.15, 0.2) is 0 Å². The van der Waals surface area contributed by atoms with Gasteiger partial charge in [-0.25, -0.2) is 4.98 Å². The summed E-state index contributed by atoms with van der Waals surface area (Å²) in [7, 11) is 0. The van der Waals surface area contributed by atoms with Crippen LogP contribution in [-0.4, -0.2) is 19.9 Å². The Morgan fingerprint density at radius 3 is 2.54 bits per heavy atom. The molecule has 0 saturated carbocycles. The molecule has 2 aromatic carbocycles. The highest BCUT2D eigenvalue weighted by Crippen LogP contribution is 2.19. The van der Waals surface area contributed by atoms with Crippen LogP contribution in [0.2, 0.25) is 5.02 Å². The van der Waals surface area contributed by atoms with E-state index < -0.39 is 5.91 Å². The van der Waals surface area contributed by atoms with Crippen LogP contribution in [0.25, 0.3) is 16.7 Å². The highest BCUT2D eigenvalue weighted by molar-refractivity contribution is 6.31. The third-order valence-corrected chi connectivity index (χ3v) is 6.37. The predicted molar refractivity (Wildman–Crippen MR) is 136 cm³/mol. The van der Waals surface area contributed by atoms with E-state index in [9.17, 15) is 9.59 Å². The average molecular weight is 484 g/mol. The molecule has 2 N–H and O–H groups in total. The van der Waals surface area contributed by atoms with Gasteiger partial charge < -0.3 is 9.88 Å². The first-order chi connectivity index (χ1) is 16.9. The highest BCUT2D eigenvalue weighted by Gasteiger charge is 2.19. The molecule has 5 rings (SSSR count). The van der Waals surface area contributed by atoms with Crippen LogP contribution in [0.15, 0.2) is 89.9 Å². The van der Waals surface area contributed by atoms with Crippen LogP contribution in [-0.2, 0) is 6.54 Å². The van der Waals surface area contributed by atoms with E-state index in [1.807, 2.05) is 55.5 Å². The number of amides is 1. The number of nitrogens with zero attached hydrogens (tertiary/aromatic N) is 3. The van der Waals surface area contributed by atoms with Crippen LogP contribution >= 0.6 is 11.6 Å². The topological polar surface area (TPSA) is 92.2 Å². The van der Waals surface area contributed by atoms with Crippen molar-refractivity contribution in [3.05, 3.63) is 123 Å². The number of halogens is 1. The zero-order valence-electron chi connectivity index (χ0n) is 18.9. The van der Waals surface area contributed by atoms with Gasteiger partial charge in [-0.05, 0) is 42.3 Å². The molecule has 8 heteroatoms. The zero-order valence-corrected chi connectivity index (χ0v) is 19.7. The zero-order chi connectivity index (χ0) is 24.5. The Balaban J connectivity index is 1.70. The van der Waals surface area contributed by atoms with Crippen molar-refractivity contribution in [2.45, 2.75) is 19.5 Å². The Hall–Kier alpha value is -4.23. The smallest absolute Gasteiger partial charge is 0.267 e. The summed E-state index contributed by atoms with van der Waals surface area (Å²) < 4.78 is 2.99. The fourth-order valence-electron chi connectivity index (χ4n) is 4.11. The van der Waals surface area contributed by atoms with E-state index in [4.69, 9.17) is 17.0 Å². The molecule has 3 heterocycles. The Morgan fingerprint density at radius 1 is 1.06 bits per heavy atom. The largest absolute Gasteiger partial charge is 0.345 e. The average Bonchev–Trinajstić information content (AvgIpc) is 2.87. The summed E-state index contributed by atoms with van der Waals surface area (Å²) in [5.74, 6) is -0.446. The van der Waals surface area contributed by atoms with Gasteiger partial charge in [0.2, 0.25) is 0 Å². The lowest BCUT2D eigenvalue weighted by molar-refractivity contribution is 0.0937. The van der Waals surface area contributed by atoms with Gasteiger partial charge >= 0.3 is 0 Å². The molecule has 0 aliphatic heterocycles. The van der Waals surface area contributed by atoms with Crippen molar-refractivity contribution in [3.8, 4) is 0 Å². The number of pyridine rings is 2. The van der Waals surface area contributed by atoms with Crippen LogP contribution in [0.5, 0.6) is 0 Å². The number of carbonyl (C=O) groups is 1. The van der Waals surface area contributed by atoms with Crippen LogP contribution in [0.1, 0.15) is 34.5 Å². The molecule has 0 spiro atoms. The quantitative estimate of drug-likeness (QED) is 0.365. The maximum absolute atomic E-state index is 13.4. The lowest BCUT2D eigenvalue weighted by Gasteiger charge is -2.17. The normalized spacial score (nSPS) is 12.1.